The third kappa shape index (κ3) is 3.86. The zero-order valence-electron chi connectivity index (χ0n) is 8.20. The molecular weight excluding hydrogens is 200 g/mol. The van der Waals surface area contributed by atoms with Crippen LogP contribution in [0.1, 0.15) is 19.3 Å². The van der Waals surface area contributed by atoms with E-state index >= 15 is 0 Å². The first-order chi connectivity index (χ1) is 6.58. The summed E-state index contributed by atoms with van der Waals surface area (Å²) >= 11 is 1.64. The number of nitrogens with one attached hydrogen (secondary N) is 1. The largest absolute Gasteiger partial charge is 0.394 e. The molecule has 1 atom stereocenters. The van der Waals surface area contributed by atoms with Gasteiger partial charge in [-0.2, -0.15) is 11.8 Å². The maximum Gasteiger partial charge on any atom is 0.0911 e. The Morgan fingerprint density at radius 3 is 2.64 bits per heavy atom. The molecule has 1 aliphatic carbocycles. The molecule has 1 fully saturated rings. The van der Waals surface area contributed by atoms with E-state index < -0.39 is 6.10 Å². The highest BCUT2D eigenvalue weighted by Gasteiger charge is 2.42. The average Bonchev–Trinajstić information content (AvgIpc) is 2.83. The summed E-state index contributed by atoms with van der Waals surface area (Å²) in [5.74, 6) is 1.76. The van der Waals surface area contributed by atoms with E-state index in [0.717, 1.165) is 18.6 Å². The summed E-state index contributed by atoms with van der Waals surface area (Å²) in [4.78, 5) is 0. The van der Waals surface area contributed by atoms with Crippen molar-refractivity contribution in [3.05, 3.63) is 0 Å². The zero-order valence-corrected chi connectivity index (χ0v) is 9.02. The zero-order chi connectivity index (χ0) is 10.6. The maximum atomic E-state index is 9.12. The summed E-state index contributed by atoms with van der Waals surface area (Å²) in [6.45, 7) is -0.174. The predicted molar refractivity (Wildman–Crippen MR) is 58.6 cm³/mol. The van der Waals surface area contributed by atoms with Gasteiger partial charge in [0.1, 0.15) is 0 Å². The molecule has 0 spiro atoms. The monoisotopic (exact) mass is 218 g/mol. The highest BCUT2D eigenvalue weighted by molar-refractivity contribution is 7.99. The van der Waals surface area contributed by atoms with Gasteiger partial charge in [0.2, 0.25) is 0 Å². The molecule has 0 radical (unpaired) electrons. The Labute approximate surface area is 88.4 Å². The molecule has 1 unspecified atom stereocenters. The van der Waals surface area contributed by atoms with E-state index in [1.807, 2.05) is 0 Å². The van der Waals surface area contributed by atoms with Gasteiger partial charge in [0.05, 0.1) is 18.5 Å². The summed E-state index contributed by atoms with van der Waals surface area (Å²) in [7, 11) is 0. The Hall–Kier alpha value is -0.260. The minimum atomic E-state index is -0.617. The minimum absolute atomic E-state index is 0.174. The molecule has 0 aromatic rings. The molecule has 14 heavy (non-hydrogen) atoms. The van der Waals surface area contributed by atoms with Gasteiger partial charge >= 0.3 is 0 Å². The van der Waals surface area contributed by atoms with Crippen LogP contribution in [0.4, 0.5) is 0 Å². The lowest BCUT2D eigenvalue weighted by molar-refractivity contribution is 0.113. The fourth-order valence-corrected chi connectivity index (χ4v) is 2.74. The molecule has 4 nitrogen and oxygen atoms in total. The quantitative estimate of drug-likeness (QED) is 0.362. The van der Waals surface area contributed by atoms with Gasteiger partial charge in [-0.15, -0.1) is 0 Å². The first-order valence-electron chi connectivity index (χ1n) is 4.77. The maximum absolute atomic E-state index is 9.12. The van der Waals surface area contributed by atoms with E-state index in [4.69, 9.17) is 21.4 Å². The second-order valence-electron chi connectivity index (χ2n) is 4.05. The molecular formula is C9H18N2O2S. The molecule has 0 bridgehead atoms. The Bertz CT molecular complexity index is 207. The van der Waals surface area contributed by atoms with Gasteiger partial charge in [-0.25, -0.2) is 0 Å². The SMILES string of the molecule is N=C(N)CC1(CSCC(O)CO)CC1. The van der Waals surface area contributed by atoms with Gasteiger partial charge < -0.3 is 15.9 Å². The number of thioether (sulfide) groups is 1. The van der Waals surface area contributed by atoms with Crippen LogP contribution in [0.3, 0.4) is 0 Å². The van der Waals surface area contributed by atoms with Crippen LogP contribution >= 0.6 is 11.8 Å². The lowest BCUT2D eigenvalue weighted by atomic mass is 10.1. The van der Waals surface area contributed by atoms with E-state index in [1.165, 1.54) is 0 Å². The fourth-order valence-electron chi connectivity index (χ4n) is 1.42. The Kier molecular flexibility index (Phi) is 4.22. The van der Waals surface area contributed by atoms with Crippen LogP contribution < -0.4 is 5.73 Å². The van der Waals surface area contributed by atoms with E-state index in [-0.39, 0.29) is 17.9 Å². The molecule has 82 valence electrons. The van der Waals surface area contributed by atoms with Crippen molar-refractivity contribution >= 4 is 17.6 Å². The Morgan fingerprint density at radius 2 is 2.21 bits per heavy atom. The normalized spacial score (nSPS) is 20.4. The molecule has 0 aliphatic heterocycles. The second-order valence-corrected chi connectivity index (χ2v) is 5.08. The summed E-state index contributed by atoms with van der Waals surface area (Å²) < 4.78 is 0. The number of aliphatic hydroxyl groups is 2. The number of nitrogens with two attached hydrogens (primary N) is 1. The molecule has 0 amide bonds. The summed E-state index contributed by atoms with van der Waals surface area (Å²) in [5, 5.41) is 25.0. The van der Waals surface area contributed by atoms with E-state index in [9.17, 15) is 0 Å². The first-order valence-corrected chi connectivity index (χ1v) is 5.93. The van der Waals surface area contributed by atoms with E-state index in [2.05, 4.69) is 0 Å². The molecule has 0 heterocycles. The summed E-state index contributed by atoms with van der Waals surface area (Å²) in [6.07, 6.45) is 2.33. The predicted octanol–water partition coefficient (Wildman–Crippen LogP) is 0.179. The van der Waals surface area contributed by atoms with Crippen molar-refractivity contribution in [3.63, 3.8) is 0 Å². The third-order valence-electron chi connectivity index (χ3n) is 2.45. The molecule has 1 aliphatic rings. The van der Waals surface area contributed by atoms with E-state index in [0.29, 0.717) is 12.2 Å². The Morgan fingerprint density at radius 1 is 1.57 bits per heavy atom. The molecule has 1 rings (SSSR count). The van der Waals surface area contributed by atoms with Gasteiger partial charge in [0.15, 0.2) is 0 Å². The van der Waals surface area contributed by atoms with E-state index in [1.54, 1.807) is 11.8 Å². The van der Waals surface area contributed by atoms with Crippen molar-refractivity contribution < 1.29 is 10.2 Å². The molecule has 0 aromatic heterocycles. The van der Waals surface area contributed by atoms with Gasteiger partial charge in [-0.1, -0.05) is 0 Å². The van der Waals surface area contributed by atoms with Crippen LogP contribution in [0.25, 0.3) is 0 Å². The number of hydrogen-bond donors (Lipinski definition) is 4. The molecule has 5 N–H and O–H groups in total. The van der Waals surface area contributed by atoms with Crippen molar-refractivity contribution in [1.82, 2.24) is 0 Å². The van der Waals surface area contributed by atoms with Crippen LogP contribution in [-0.2, 0) is 0 Å². The van der Waals surface area contributed by atoms with Gasteiger partial charge in [0, 0.05) is 12.2 Å². The lowest BCUT2D eigenvalue weighted by Gasteiger charge is -2.14. The number of amidine groups is 1. The van der Waals surface area contributed by atoms with Crippen LogP contribution in [0, 0.1) is 10.8 Å². The molecule has 1 saturated carbocycles. The molecule has 0 aromatic carbocycles. The van der Waals surface area contributed by atoms with Crippen molar-refractivity contribution in [2.75, 3.05) is 18.1 Å². The Balaban J connectivity index is 2.14. The minimum Gasteiger partial charge on any atom is -0.394 e. The number of rotatable bonds is 7. The lowest BCUT2D eigenvalue weighted by Crippen LogP contribution is -2.20. The standard InChI is InChI=1S/C9H18N2O2S/c10-8(11)3-9(1-2-9)6-14-5-7(13)4-12/h7,12-13H,1-6H2,(H3,10,11). The highest BCUT2D eigenvalue weighted by atomic mass is 32.2. The van der Waals surface area contributed by atoms with Crippen LogP contribution in [-0.4, -0.2) is 40.3 Å². The molecule has 0 saturated heterocycles. The first kappa shape index (κ1) is 11.8. The summed E-state index contributed by atoms with van der Waals surface area (Å²) in [5.41, 5.74) is 5.59. The average molecular weight is 218 g/mol. The highest BCUT2D eigenvalue weighted by Crippen LogP contribution is 2.50. The summed E-state index contributed by atoms with van der Waals surface area (Å²) in [6, 6.07) is 0. The topological polar surface area (TPSA) is 90.3 Å². The third-order valence-corrected chi connectivity index (χ3v) is 3.89. The van der Waals surface area contributed by atoms with Crippen LogP contribution in [0.5, 0.6) is 0 Å². The molecule has 5 heteroatoms. The second kappa shape index (κ2) is 5.00. The van der Waals surface area contributed by atoms with Crippen LogP contribution in [0.2, 0.25) is 0 Å². The fraction of sp³-hybridized carbons (Fsp3) is 0.889. The van der Waals surface area contributed by atoms with Crippen molar-refractivity contribution in [1.29, 1.82) is 5.41 Å². The van der Waals surface area contributed by atoms with Crippen molar-refractivity contribution in [2.24, 2.45) is 11.1 Å². The van der Waals surface area contributed by atoms with Crippen molar-refractivity contribution in [3.8, 4) is 0 Å². The van der Waals surface area contributed by atoms with Crippen molar-refractivity contribution in [2.45, 2.75) is 25.4 Å². The van der Waals surface area contributed by atoms with Crippen LogP contribution in [0.15, 0.2) is 0 Å². The van der Waals surface area contributed by atoms with Gasteiger partial charge in [-0.3, -0.25) is 5.41 Å². The smallest absolute Gasteiger partial charge is 0.0911 e. The van der Waals surface area contributed by atoms with Gasteiger partial charge in [-0.05, 0) is 24.0 Å². The number of aliphatic hydroxyl groups excluding tert-OH is 2. The van der Waals surface area contributed by atoms with Gasteiger partial charge in [0.25, 0.3) is 0 Å². The number of hydrogen-bond acceptors (Lipinski definition) is 4.